The van der Waals surface area contributed by atoms with E-state index in [4.69, 9.17) is 78.2 Å². The van der Waals surface area contributed by atoms with Gasteiger partial charge in [-0.15, -0.1) is 0 Å². The van der Waals surface area contributed by atoms with E-state index in [0.717, 1.165) is 19.6 Å². The van der Waals surface area contributed by atoms with Crippen LogP contribution in [0.2, 0.25) is 42.3 Å². The fourth-order valence-corrected chi connectivity index (χ4v) is 78.3. The van der Waals surface area contributed by atoms with E-state index in [1.165, 1.54) is 0 Å². The van der Waals surface area contributed by atoms with Crippen molar-refractivity contribution in [2.75, 3.05) is 0 Å². The standard InChI is InChI=1S/C7H32O35Si18/c1-45(23-43)4-48(9,10)30-58(20)37-53(15)7-52(14,35-55(17,26-45)40-58)36-56(18)27-46(2)5-49(11,32-59(21,38-53)41-56)31-51(13)6-50(12,25-46)33-57(19)29-47(3,8)28-54(16,24-44)39-60(22,34-51)42-57/h8-22H,4-7H2,1-3H3/t45?,46?,47?,49-,50+,51-,52?,53+,54+,55-,56?,57?,58-,59-,60-/m1/s1. The molecule has 0 amide bonds. The predicted octanol–water partition coefficient (Wildman–Crippen LogP) is -13.0. The Labute approximate surface area is 357 Å². The van der Waals surface area contributed by atoms with Gasteiger partial charge in [-0.1, -0.05) is 0 Å². The second kappa shape index (κ2) is 15.0. The smallest absolute Gasteiger partial charge is 0.437 e. The van der Waals surface area contributed by atoms with Crippen LogP contribution in [0.5, 0.6) is 0 Å². The minimum absolute atomic E-state index is 0.753. The third kappa shape index (κ3) is 10.9. The van der Waals surface area contributed by atoms with Crippen molar-refractivity contribution in [1.82, 2.24) is 0 Å². The quantitative estimate of drug-likeness (QED) is 0.114. The van der Waals surface area contributed by atoms with Crippen molar-refractivity contribution in [2.24, 2.45) is 0 Å². The van der Waals surface area contributed by atoms with Crippen LogP contribution in [0.4, 0.5) is 0 Å². The normalized spacial score (nSPS) is 59.8. The number of rotatable bonds is 2. The molecule has 7 aliphatic rings. The van der Waals surface area contributed by atoms with Crippen LogP contribution in [0.25, 0.3) is 0 Å². The molecular formula is C7H32O35Si18. The summed E-state index contributed by atoms with van der Waals surface area (Å²) in [7, 11) is -85.4. The maximum Gasteiger partial charge on any atom is 0.657 e. The summed E-state index contributed by atoms with van der Waals surface area (Å²) in [6.45, 7) is 2.74. The van der Waals surface area contributed by atoms with Gasteiger partial charge in [0, 0.05) is 6.55 Å². The molecule has 35 nitrogen and oxygen atoms in total. The summed E-state index contributed by atoms with van der Waals surface area (Å²) < 4.78 is 105. The largest absolute Gasteiger partial charge is 0.657 e. The second-order valence-electron chi connectivity index (χ2n) is 13.9. The molecule has 0 aromatic heterocycles. The molecule has 15 N–H and O–H groups in total. The lowest BCUT2D eigenvalue weighted by molar-refractivity contribution is -0.0373. The zero-order valence-corrected chi connectivity index (χ0v) is 47.7. The highest BCUT2D eigenvalue weighted by Gasteiger charge is 2.83. The summed E-state index contributed by atoms with van der Waals surface area (Å²) in [4.78, 5) is 172. The molecule has 7 saturated heterocycles. The third-order valence-corrected chi connectivity index (χ3v) is 69.3. The first kappa shape index (κ1) is 50.4. The van der Waals surface area contributed by atoms with E-state index < -0.39 is 165 Å². The van der Waals surface area contributed by atoms with Gasteiger partial charge in [0.05, 0.1) is 22.7 Å². The fraction of sp³-hybridized carbons (Fsp3) is 1.00. The second-order valence-corrected chi connectivity index (χ2v) is 58.2. The van der Waals surface area contributed by atoms with Gasteiger partial charge in [0.15, 0.2) is 0 Å². The van der Waals surface area contributed by atoms with Crippen molar-refractivity contribution < 1.29 is 154 Å². The average molecular weight is 1180 g/mol. The van der Waals surface area contributed by atoms with Crippen LogP contribution in [0.1, 0.15) is 0 Å². The number of fused-ring (bicyclic) bond motifs is 12. The zero-order chi connectivity index (χ0) is 45.0. The Balaban J connectivity index is 1.33. The Kier molecular flexibility index (Phi) is 12.6. The van der Waals surface area contributed by atoms with Crippen molar-refractivity contribution >= 4 is 163 Å². The highest BCUT2D eigenvalue weighted by Crippen LogP contribution is 2.47. The van der Waals surface area contributed by atoms with Crippen LogP contribution in [0.15, 0.2) is 0 Å². The third-order valence-electron chi connectivity index (χ3n) is 7.70. The molecule has 6 unspecified atom stereocenters. The number of hydrogen-bond acceptors (Lipinski definition) is 35. The first-order valence-electron chi connectivity index (χ1n) is 15.8. The Morgan fingerprint density at radius 2 is 0.700 bits per heavy atom. The Morgan fingerprint density at radius 1 is 0.333 bits per heavy atom. The molecule has 6 radical (unpaired) electrons. The molecule has 0 aromatic rings. The van der Waals surface area contributed by atoms with Gasteiger partial charge < -0.3 is 154 Å². The molecule has 0 saturated carbocycles. The monoisotopic (exact) mass is 1180 g/mol. The van der Waals surface area contributed by atoms with Crippen LogP contribution in [-0.4, -0.2) is 235 Å². The van der Waals surface area contributed by atoms with Crippen molar-refractivity contribution in [3.8, 4) is 0 Å². The average Bonchev–Trinajstić information content (AvgIpc) is 2.86. The Hall–Kier alpha value is 2.50. The maximum atomic E-state index is 12.0. The molecule has 342 valence electrons. The summed E-state index contributed by atoms with van der Waals surface area (Å²) in [6, 6.07) is 0. The van der Waals surface area contributed by atoms with Gasteiger partial charge in [-0.3, -0.25) is 0 Å². The van der Waals surface area contributed by atoms with Crippen molar-refractivity contribution in [3.05, 3.63) is 0 Å². The molecule has 60 heavy (non-hydrogen) atoms. The van der Waals surface area contributed by atoms with E-state index in [0.29, 0.717) is 0 Å². The van der Waals surface area contributed by atoms with E-state index in [1.54, 1.807) is 0 Å². The van der Waals surface area contributed by atoms with Gasteiger partial charge in [0.1, 0.15) is 0 Å². The summed E-state index contributed by atoms with van der Waals surface area (Å²) >= 11 is 0. The summed E-state index contributed by atoms with van der Waals surface area (Å²) in [5, 5.41) is 0. The van der Waals surface area contributed by atoms with E-state index in [9.17, 15) is 71.9 Å². The molecule has 7 rings (SSSR count). The topological polar surface area (TPSA) is 488 Å². The summed E-state index contributed by atoms with van der Waals surface area (Å²) in [6.07, 6.45) is 0. The van der Waals surface area contributed by atoms with E-state index in [2.05, 4.69) is 25.1 Å². The first-order valence-corrected chi connectivity index (χ1v) is 47.5. The molecule has 0 aromatic carbocycles. The SMILES string of the molecule is C[Si]1(O)O[Si]2(O)O[Si@]3(O)C[Si@@](O)(O[Si@]4(O)C[Si](C)(O[Si]5(O)O[Si]6(O)C[Si@@](O)(O[Si@](O)(O5)O4)O[Si@@]4(O)O[Si](O)(O)C[Si](C)(O[Si])O[Si@](O)(O6)O4)O3)O[Si@@](O)(O2)O[Si@@](O)(O[Si])O1. The zero-order valence-electron chi connectivity index (χ0n) is 29.7. The van der Waals surface area contributed by atoms with E-state index >= 15 is 0 Å². The molecule has 12 bridgehead atoms. The Bertz CT molecular complexity index is 1610. The lowest BCUT2D eigenvalue weighted by Crippen LogP contribution is -2.84. The molecule has 7 heterocycles. The molecule has 7 aliphatic heterocycles. The number of hydrogen-bond donors (Lipinski definition) is 15. The van der Waals surface area contributed by atoms with Gasteiger partial charge in [0.25, 0.3) is 0 Å². The van der Waals surface area contributed by atoms with Crippen LogP contribution >= 0.6 is 0 Å². The summed E-state index contributed by atoms with van der Waals surface area (Å²) in [5.41, 5.74) is -5.57. The highest BCUT2D eigenvalue weighted by atomic mass is 28.6. The van der Waals surface area contributed by atoms with Crippen LogP contribution in [0, 0.1) is 0 Å². The highest BCUT2D eigenvalue weighted by molar-refractivity contribution is 7.03. The van der Waals surface area contributed by atoms with Gasteiger partial charge in [-0.25, -0.2) is 0 Å². The fourth-order valence-electron chi connectivity index (χ4n) is 6.41. The van der Waals surface area contributed by atoms with Crippen LogP contribution < -0.4 is 0 Å². The maximum absolute atomic E-state index is 12.0. The van der Waals surface area contributed by atoms with Crippen LogP contribution in [-0.2, 0) is 82.3 Å². The van der Waals surface area contributed by atoms with Crippen LogP contribution in [0.3, 0.4) is 0 Å². The van der Waals surface area contributed by atoms with Crippen molar-refractivity contribution in [2.45, 2.75) is 42.3 Å². The first-order chi connectivity index (χ1) is 26.7. The lowest BCUT2D eigenvalue weighted by Gasteiger charge is -2.53. The predicted molar refractivity (Wildman–Crippen MR) is 195 cm³/mol. The lowest BCUT2D eigenvalue weighted by atomic mass is 11.8. The Morgan fingerprint density at radius 3 is 1.17 bits per heavy atom. The summed E-state index contributed by atoms with van der Waals surface area (Å²) in [5.74, 6) is 0. The van der Waals surface area contributed by atoms with Gasteiger partial charge >= 0.3 is 142 Å². The molecule has 7 fully saturated rings. The molecular weight excluding hydrogens is 1150 g/mol. The van der Waals surface area contributed by atoms with Crippen molar-refractivity contribution in [1.29, 1.82) is 0 Å². The van der Waals surface area contributed by atoms with E-state index in [1.807, 2.05) is 0 Å². The van der Waals surface area contributed by atoms with Gasteiger partial charge in [-0.2, -0.15) is 0 Å². The van der Waals surface area contributed by atoms with Crippen molar-refractivity contribution in [3.63, 3.8) is 0 Å². The minimum atomic E-state index is -6.34. The molecule has 15 atom stereocenters. The molecule has 53 heteroatoms. The molecule has 0 spiro atoms. The van der Waals surface area contributed by atoms with E-state index in [-0.39, 0.29) is 0 Å². The minimum Gasteiger partial charge on any atom is -0.437 e. The molecule has 0 aliphatic carbocycles. The van der Waals surface area contributed by atoms with Gasteiger partial charge in [-0.05, 0) is 13.1 Å². The van der Waals surface area contributed by atoms with Gasteiger partial charge in [0.2, 0.25) is 21.0 Å².